The van der Waals surface area contributed by atoms with E-state index < -0.39 is 0 Å². The maximum absolute atomic E-state index is 4.42. The molecule has 82 valence electrons. The average Bonchev–Trinajstić information content (AvgIpc) is 2.69. The first-order valence-electron chi connectivity index (χ1n) is 5.05. The van der Waals surface area contributed by atoms with E-state index in [4.69, 9.17) is 0 Å². The van der Waals surface area contributed by atoms with Crippen LogP contribution in [0.2, 0.25) is 0 Å². The summed E-state index contributed by atoms with van der Waals surface area (Å²) in [6.07, 6.45) is 0. The fraction of sp³-hybridized carbons (Fsp3) is 0.667. The molecule has 0 aliphatic heterocycles. The molecule has 0 aromatic carbocycles. The van der Waals surface area contributed by atoms with Crippen LogP contribution in [0.1, 0.15) is 24.7 Å². The third-order valence-corrected chi connectivity index (χ3v) is 2.92. The second-order valence-corrected chi connectivity index (χ2v) is 5.00. The van der Waals surface area contributed by atoms with Crippen molar-refractivity contribution in [1.29, 1.82) is 0 Å². The number of aromatic nitrogens is 4. The molecule has 0 spiro atoms. The molecule has 0 bridgehead atoms. The molecule has 2 aromatic rings. The molecule has 2 aromatic heterocycles. The highest BCUT2D eigenvalue weighted by atomic mass is 32.1. The van der Waals surface area contributed by atoms with E-state index in [9.17, 15) is 0 Å². The lowest BCUT2D eigenvalue weighted by atomic mass is 10.2. The molecule has 1 N–H and O–H groups in total. The first-order valence-corrected chi connectivity index (χ1v) is 5.87. The third kappa shape index (κ3) is 2.32. The van der Waals surface area contributed by atoms with E-state index in [0.29, 0.717) is 5.92 Å². The first kappa shape index (κ1) is 10.5. The lowest BCUT2D eigenvalue weighted by Crippen LogP contribution is -2.18. The monoisotopic (exact) mass is 225 g/mol. The maximum Gasteiger partial charge on any atom is 0.234 e. The molecule has 0 unspecified atom stereocenters. The quantitative estimate of drug-likeness (QED) is 0.850. The van der Waals surface area contributed by atoms with Crippen molar-refractivity contribution in [3.63, 3.8) is 0 Å². The van der Waals surface area contributed by atoms with Gasteiger partial charge < -0.3 is 5.32 Å². The van der Waals surface area contributed by atoms with E-state index in [1.165, 1.54) is 0 Å². The van der Waals surface area contributed by atoms with Gasteiger partial charge in [0, 0.05) is 6.54 Å². The molecule has 5 nitrogen and oxygen atoms in total. The number of nitrogens with zero attached hydrogens (tertiary/aromatic N) is 4. The van der Waals surface area contributed by atoms with Gasteiger partial charge in [-0.3, -0.25) is 0 Å². The van der Waals surface area contributed by atoms with Gasteiger partial charge in [0.15, 0.2) is 5.82 Å². The molecule has 0 aliphatic rings. The zero-order chi connectivity index (χ0) is 10.8. The topological polar surface area (TPSA) is 55.1 Å². The third-order valence-electron chi connectivity index (χ3n) is 2.02. The number of hydrogen-bond donors (Lipinski definition) is 1. The fourth-order valence-corrected chi connectivity index (χ4v) is 2.14. The van der Waals surface area contributed by atoms with Crippen molar-refractivity contribution in [3.8, 4) is 0 Å². The van der Waals surface area contributed by atoms with E-state index in [1.54, 1.807) is 15.9 Å². The summed E-state index contributed by atoms with van der Waals surface area (Å²) < 4.78 is 1.79. The van der Waals surface area contributed by atoms with Crippen LogP contribution in [0, 0.1) is 12.8 Å². The molecule has 6 heteroatoms. The van der Waals surface area contributed by atoms with Gasteiger partial charge in [-0.2, -0.15) is 9.61 Å². The highest BCUT2D eigenvalue weighted by Crippen LogP contribution is 2.13. The largest absolute Gasteiger partial charge is 0.310 e. The Balaban J connectivity index is 2.03. The molecule has 0 radical (unpaired) electrons. The van der Waals surface area contributed by atoms with Gasteiger partial charge in [-0.15, -0.1) is 10.2 Å². The molecule has 0 amide bonds. The van der Waals surface area contributed by atoms with Crippen LogP contribution in [-0.2, 0) is 6.54 Å². The summed E-state index contributed by atoms with van der Waals surface area (Å²) in [4.78, 5) is 0.869. The van der Waals surface area contributed by atoms with Gasteiger partial charge in [-0.25, -0.2) is 0 Å². The number of rotatable bonds is 4. The number of hydrogen-bond acceptors (Lipinski definition) is 5. The molecule has 0 saturated heterocycles. The van der Waals surface area contributed by atoms with E-state index in [1.807, 2.05) is 6.92 Å². The van der Waals surface area contributed by atoms with Crippen LogP contribution in [-0.4, -0.2) is 26.4 Å². The Morgan fingerprint density at radius 2 is 2.20 bits per heavy atom. The van der Waals surface area contributed by atoms with Crippen LogP contribution >= 0.6 is 11.3 Å². The van der Waals surface area contributed by atoms with Crippen LogP contribution in [0.15, 0.2) is 0 Å². The Labute approximate surface area is 92.5 Å². The smallest absolute Gasteiger partial charge is 0.234 e. The molecule has 2 rings (SSSR count). The Kier molecular flexibility index (Phi) is 2.97. The summed E-state index contributed by atoms with van der Waals surface area (Å²) in [7, 11) is 0. The van der Waals surface area contributed by atoms with Crippen molar-refractivity contribution in [2.24, 2.45) is 5.92 Å². The van der Waals surface area contributed by atoms with Crippen molar-refractivity contribution in [3.05, 3.63) is 10.8 Å². The number of fused-ring (bicyclic) bond motifs is 1. The average molecular weight is 225 g/mol. The van der Waals surface area contributed by atoms with Crippen molar-refractivity contribution in [2.45, 2.75) is 27.3 Å². The van der Waals surface area contributed by atoms with Gasteiger partial charge in [0.25, 0.3) is 0 Å². The second-order valence-electron chi connectivity index (χ2n) is 3.96. The first-order chi connectivity index (χ1) is 7.16. The van der Waals surface area contributed by atoms with E-state index in [-0.39, 0.29) is 0 Å². The molecule has 0 aliphatic carbocycles. The Bertz CT molecular complexity index is 444. The van der Waals surface area contributed by atoms with Gasteiger partial charge >= 0.3 is 0 Å². The van der Waals surface area contributed by atoms with Crippen LogP contribution in [0.4, 0.5) is 0 Å². The molecular weight excluding hydrogens is 210 g/mol. The van der Waals surface area contributed by atoms with Crippen LogP contribution in [0.3, 0.4) is 0 Å². The van der Waals surface area contributed by atoms with Crippen LogP contribution < -0.4 is 5.32 Å². The summed E-state index contributed by atoms with van der Waals surface area (Å²) in [5.41, 5.74) is 0. The summed E-state index contributed by atoms with van der Waals surface area (Å²) in [5.74, 6) is 1.51. The minimum atomic E-state index is 0.664. The van der Waals surface area contributed by atoms with E-state index >= 15 is 0 Å². The molecule has 0 fully saturated rings. The maximum atomic E-state index is 4.42. The van der Waals surface area contributed by atoms with Gasteiger partial charge in [-0.05, 0) is 19.4 Å². The lowest BCUT2D eigenvalue weighted by Gasteiger charge is -2.04. The predicted octanol–water partition coefficient (Wildman–Crippen LogP) is 1.24. The molecule has 15 heavy (non-hydrogen) atoms. The molecule has 0 atom stereocenters. The minimum absolute atomic E-state index is 0.664. The predicted molar refractivity (Wildman–Crippen MR) is 59.9 cm³/mol. The number of aryl methyl sites for hydroxylation is 1. The van der Waals surface area contributed by atoms with Gasteiger partial charge in [-0.1, -0.05) is 25.2 Å². The summed E-state index contributed by atoms with van der Waals surface area (Å²) in [6.45, 7) is 8.11. The molecule has 2 heterocycles. The van der Waals surface area contributed by atoms with E-state index in [0.717, 1.165) is 28.9 Å². The summed E-state index contributed by atoms with van der Waals surface area (Å²) in [6, 6.07) is 0. The molecular formula is C9H15N5S. The fourth-order valence-electron chi connectivity index (χ4n) is 1.29. The minimum Gasteiger partial charge on any atom is -0.310 e. The number of nitrogens with one attached hydrogen (secondary N) is 1. The Morgan fingerprint density at radius 3 is 2.87 bits per heavy atom. The summed E-state index contributed by atoms with van der Waals surface area (Å²) >= 11 is 1.59. The van der Waals surface area contributed by atoms with Crippen molar-refractivity contribution >= 4 is 16.3 Å². The second kappa shape index (κ2) is 4.24. The van der Waals surface area contributed by atoms with Crippen molar-refractivity contribution in [1.82, 2.24) is 25.1 Å². The normalized spacial score (nSPS) is 11.7. The van der Waals surface area contributed by atoms with Crippen molar-refractivity contribution in [2.75, 3.05) is 6.54 Å². The summed E-state index contributed by atoms with van der Waals surface area (Å²) in [5, 5.41) is 16.8. The lowest BCUT2D eigenvalue weighted by molar-refractivity contribution is 0.549. The highest BCUT2D eigenvalue weighted by Gasteiger charge is 2.07. The van der Waals surface area contributed by atoms with Crippen LogP contribution in [0.25, 0.3) is 4.96 Å². The van der Waals surface area contributed by atoms with Gasteiger partial charge in [0.2, 0.25) is 4.96 Å². The Morgan fingerprint density at radius 1 is 1.40 bits per heavy atom. The van der Waals surface area contributed by atoms with E-state index in [2.05, 4.69) is 34.5 Å². The van der Waals surface area contributed by atoms with Gasteiger partial charge in [0.05, 0.1) is 0 Å². The molecule has 0 saturated carbocycles. The standard InChI is InChI=1S/C9H15N5S/c1-6(2)4-10-5-8-13-14-7(3)11-12-9(14)15-8/h6,10H,4-5H2,1-3H3. The zero-order valence-corrected chi connectivity index (χ0v) is 10.0. The SMILES string of the molecule is Cc1nnc2sc(CNCC(C)C)nn12. The Hall–Kier alpha value is -1.01. The van der Waals surface area contributed by atoms with Crippen molar-refractivity contribution < 1.29 is 0 Å². The van der Waals surface area contributed by atoms with Crippen LogP contribution in [0.5, 0.6) is 0 Å². The zero-order valence-electron chi connectivity index (χ0n) is 9.19. The van der Waals surface area contributed by atoms with Gasteiger partial charge in [0.1, 0.15) is 5.01 Å². The highest BCUT2D eigenvalue weighted by molar-refractivity contribution is 7.16.